The molecule has 0 bridgehead atoms. The van der Waals surface area contributed by atoms with Crippen molar-refractivity contribution in [3.63, 3.8) is 0 Å². The fourth-order valence-electron chi connectivity index (χ4n) is 1.91. The van der Waals surface area contributed by atoms with E-state index in [0.29, 0.717) is 28.4 Å². The van der Waals surface area contributed by atoms with Gasteiger partial charge in [0.2, 0.25) is 0 Å². The van der Waals surface area contributed by atoms with Crippen LogP contribution in [0.1, 0.15) is 15.9 Å². The van der Waals surface area contributed by atoms with Gasteiger partial charge in [-0.05, 0) is 60.2 Å². The summed E-state index contributed by atoms with van der Waals surface area (Å²) in [7, 11) is 3.04. The number of methoxy groups -OCH3 is 2. The molecule has 0 aromatic heterocycles. The maximum Gasteiger partial charge on any atom is 0.343 e. The highest BCUT2D eigenvalue weighted by atomic mass is 32.1. The van der Waals surface area contributed by atoms with E-state index in [9.17, 15) is 4.79 Å². The molecule has 0 spiro atoms. The summed E-state index contributed by atoms with van der Waals surface area (Å²) in [4.78, 5) is 12.2. The summed E-state index contributed by atoms with van der Waals surface area (Å²) in [5.74, 6) is 0.838. The van der Waals surface area contributed by atoms with Gasteiger partial charge in [0.25, 0.3) is 0 Å². The van der Waals surface area contributed by atoms with E-state index in [4.69, 9.17) is 19.9 Å². The number of hydrogen-bond donors (Lipinski definition) is 2. The van der Waals surface area contributed by atoms with Gasteiger partial charge in [-0.1, -0.05) is 0 Å². The number of rotatable bonds is 6. The zero-order valence-electron chi connectivity index (χ0n) is 13.7. The molecule has 2 rings (SSSR count). The van der Waals surface area contributed by atoms with Crippen molar-refractivity contribution >= 4 is 29.5 Å². The highest BCUT2D eigenvalue weighted by Crippen LogP contribution is 2.28. The largest absolute Gasteiger partial charge is 0.497 e. The van der Waals surface area contributed by atoms with Gasteiger partial charge in [0, 0.05) is 0 Å². The van der Waals surface area contributed by atoms with Crippen LogP contribution in [0, 0.1) is 0 Å². The van der Waals surface area contributed by atoms with Crippen molar-refractivity contribution in [1.82, 2.24) is 5.43 Å². The number of ether oxygens (including phenoxy) is 3. The van der Waals surface area contributed by atoms with Gasteiger partial charge in [-0.25, -0.2) is 4.79 Å². The first-order valence-electron chi connectivity index (χ1n) is 7.16. The Morgan fingerprint density at radius 3 is 2.44 bits per heavy atom. The Kier molecular flexibility index (Phi) is 6.30. The number of nitrogens with one attached hydrogen (secondary N) is 1. The normalized spacial score (nSPS) is 10.3. The Morgan fingerprint density at radius 2 is 1.84 bits per heavy atom. The topological polar surface area (TPSA) is 95.2 Å². The molecule has 0 aliphatic carbocycles. The molecule has 0 fully saturated rings. The van der Waals surface area contributed by atoms with Gasteiger partial charge in [-0.15, -0.1) is 0 Å². The molecule has 0 aliphatic heterocycles. The van der Waals surface area contributed by atoms with Crippen LogP contribution < -0.4 is 25.4 Å². The van der Waals surface area contributed by atoms with Gasteiger partial charge < -0.3 is 19.9 Å². The summed E-state index contributed by atoms with van der Waals surface area (Å²) in [6, 6.07) is 11.6. The second-order valence-corrected chi connectivity index (χ2v) is 5.20. The third kappa shape index (κ3) is 5.18. The van der Waals surface area contributed by atoms with Gasteiger partial charge >= 0.3 is 5.97 Å². The molecule has 2 aromatic carbocycles. The lowest BCUT2D eigenvalue weighted by atomic mass is 10.2. The van der Waals surface area contributed by atoms with E-state index >= 15 is 0 Å². The van der Waals surface area contributed by atoms with Gasteiger partial charge in [-0.3, -0.25) is 5.43 Å². The molecular weight excluding hydrogens is 342 g/mol. The molecule has 25 heavy (non-hydrogen) atoms. The van der Waals surface area contributed by atoms with E-state index in [2.05, 4.69) is 22.7 Å². The van der Waals surface area contributed by atoms with Crippen LogP contribution in [0.3, 0.4) is 0 Å². The minimum absolute atomic E-state index is 0.0632. The molecule has 0 atom stereocenters. The number of hydrazone groups is 1. The van der Waals surface area contributed by atoms with Crippen LogP contribution in [0.2, 0.25) is 0 Å². The number of nitrogens with two attached hydrogens (primary N) is 1. The first kappa shape index (κ1) is 18.2. The maximum atomic E-state index is 12.2. The van der Waals surface area contributed by atoms with Crippen molar-refractivity contribution in [2.24, 2.45) is 10.8 Å². The molecule has 3 N–H and O–H groups in total. The second kappa shape index (κ2) is 8.65. The predicted octanol–water partition coefficient (Wildman–Crippen LogP) is 2.09. The molecule has 2 aromatic rings. The minimum Gasteiger partial charge on any atom is -0.497 e. The first-order chi connectivity index (χ1) is 12.0. The first-order valence-corrected chi connectivity index (χ1v) is 7.57. The third-order valence-corrected chi connectivity index (χ3v) is 3.20. The van der Waals surface area contributed by atoms with E-state index in [-0.39, 0.29) is 5.11 Å². The lowest BCUT2D eigenvalue weighted by Crippen LogP contribution is -2.23. The summed E-state index contributed by atoms with van der Waals surface area (Å²) >= 11 is 4.65. The second-order valence-electron chi connectivity index (χ2n) is 4.76. The van der Waals surface area contributed by atoms with Gasteiger partial charge in [0.15, 0.2) is 16.6 Å². The number of esters is 1. The Balaban J connectivity index is 2.13. The SMILES string of the molecule is COc1ccc(C(=O)Oc2ccc(/C=N\NC(N)=S)cc2OC)cc1. The highest BCUT2D eigenvalue weighted by Gasteiger charge is 2.13. The number of thiocarbonyl (C=S) groups is 1. The standard InChI is InChI=1S/C17H17N3O4S/c1-22-13-6-4-12(5-7-13)16(21)24-14-8-3-11(9-15(14)23-2)10-19-20-17(18)25/h3-10H,1-2H3,(H3,18,20,25)/b19-10-. The van der Waals surface area contributed by atoms with Crippen molar-refractivity contribution < 1.29 is 19.0 Å². The molecule has 0 saturated heterocycles. The lowest BCUT2D eigenvalue weighted by molar-refractivity contribution is 0.0729. The highest BCUT2D eigenvalue weighted by molar-refractivity contribution is 7.80. The minimum atomic E-state index is -0.502. The summed E-state index contributed by atoms with van der Waals surface area (Å²) in [5, 5.41) is 3.92. The van der Waals surface area contributed by atoms with Crippen molar-refractivity contribution in [2.75, 3.05) is 14.2 Å². The summed E-state index contributed by atoms with van der Waals surface area (Å²) in [6.07, 6.45) is 1.51. The summed E-state index contributed by atoms with van der Waals surface area (Å²) < 4.78 is 15.7. The molecule has 0 heterocycles. The third-order valence-electron chi connectivity index (χ3n) is 3.10. The lowest BCUT2D eigenvalue weighted by Gasteiger charge is -2.10. The van der Waals surface area contributed by atoms with Crippen LogP contribution in [-0.2, 0) is 0 Å². The van der Waals surface area contributed by atoms with Crippen molar-refractivity contribution in [1.29, 1.82) is 0 Å². The zero-order valence-corrected chi connectivity index (χ0v) is 14.5. The number of carbonyl (C=O) groups is 1. The van der Waals surface area contributed by atoms with Crippen molar-refractivity contribution in [2.45, 2.75) is 0 Å². The zero-order chi connectivity index (χ0) is 18.2. The van der Waals surface area contributed by atoms with E-state index < -0.39 is 5.97 Å². The quantitative estimate of drug-likeness (QED) is 0.268. The van der Waals surface area contributed by atoms with Gasteiger partial charge in [-0.2, -0.15) is 5.10 Å². The molecule has 0 saturated carbocycles. The molecule has 7 nitrogen and oxygen atoms in total. The summed E-state index contributed by atoms with van der Waals surface area (Å²) in [6.45, 7) is 0. The predicted molar refractivity (Wildman–Crippen MR) is 98.5 cm³/mol. The smallest absolute Gasteiger partial charge is 0.343 e. The molecule has 130 valence electrons. The van der Waals surface area contributed by atoms with E-state index in [0.717, 1.165) is 0 Å². The fourth-order valence-corrected chi connectivity index (χ4v) is 1.96. The van der Waals surface area contributed by atoms with Crippen LogP contribution in [0.15, 0.2) is 47.6 Å². The van der Waals surface area contributed by atoms with Crippen molar-refractivity contribution in [3.05, 3.63) is 53.6 Å². The number of hydrogen-bond acceptors (Lipinski definition) is 6. The molecule has 8 heteroatoms. The monoisotopic (exact) mass is 359 g/mol. The van der Waals surface area contributed by atoms with Gasteiger partial charge in [0.1, 0.15) is 5.75 Å². The number of nitrogens with zero attached hydrogens (tertiary/aromatic N) is 1. The number of benzene rings is 2. The van der Waals surface area contributed by atoms with Crippen molar-refractivity contribution in [3.8, 4) is 17.2 Å². The Bertz CT molecular complexity index is 791. The van der Waals surface area contributed by atoms with Crippen LogP contribution >= 0.6 is 12.2 Å². The average Bonchev–Trinajstić information content (AvgIpc) is 2.62. The number of carbonyl (C=O) groups excluding carboxylic acids is 1. The van der Waals surface area contributed by atoms with Crippen LogP contribution in [0.4, 0.5) is 0 Å². The Labute approximate surface area is 150 Å². The fraction of sp³-hybridized carbons (Fsp3) is 0.118. The van der Waals surface area contributed by atoms with Crippen LogP contribution in [-0.4, -0.2) is 31.5 Å². The Hall–Kier alpha value is -3.13. The molecule has 0 amide bonds. The molecule has 0 radical (unpaired) electrons. The maximum absolute atomic E-state index is 12.2. The van der Waals surface area contributed by atoms with Crippen LogP contribution in [0.5, 0.6) is 17.2 Å². The molecule has 0 unspecified atom stereocenters. The van der Waals surface area contributed by atoms with E-state index in [1.807, 2.05) is 0 Å². The summed E-state index contributed by atoms with van der Waals surface area (Å²) in [5.41, 5.74) is 8.84. The molecule has 0 aliphatic rings. The van der Waals surface area contributed by atoms with E-state index in [1.54, 1.807) is 49.6 Å². The van der Waals surface area contributed by atoms with Crippen LogP contribution in [0.25, 0.3) is 0 Å². The van der Waals surface area contributed by atoms with Gasteiger partial charge in [0.05, 0.1) is 26.0 Å². The van der Waals surface area contributed by atoms with E-state index in [1.165, 1.54) is 13.3 Å². The Morgan fingerprint density at radius 1 is 1.12 bits per heavy atom. The average molecular weight is 359 g/mol. The molecular formula is C17H17N3O4S.